The van der Waals surface area contributed by atoms with Crippen molar-refractivity contribution in [3.8, 4) is 11.1 Å². The van der Waals surface area contributed by atoms with E-state index < -0.39 is 0 Å². The van der Waals surface area contributed by atoms with Gasteiger partial charge < -0.3 is 10.0 Å². The third-order valence-corrected chi connectivity index (χ3v) is 3.42. The summed E-state index contributed by atoms with van der Waals surface area (Å²) in [5.74, 6) is 0.616. The second kappa shape index (κ2) is 6.12. The molecule has 0 fully saturated rings. The molecule has 0 aliphatic carbocycles. The molecule has 4 nitrogen and oxygen atoms in total. The smallest absolute Gasteiger partial charge is 0.225 e. The van der Waals surface area contributed by atoms with Gasteiger partial charge in [-0.25, -0.2) is 9.97 Å². The van der Waals surface area contributed by atoms with E-state index in [1.54, 1.807) is 0 Å². The number of benzene rings is 1. The molecule has 0 bridgehead atoms. The number of nitrogens with zero attached hydrogens (tertiary/aromatic N) is 3. The molecule has 0 aliphatic rings. The minimum absolute atomic E-state index is 0.0896. The highest BCUT2D eigenvalue weighted by atomic mass is 79.9. The zero-order valence-corrected chi connectivity index (χ0v) is 12.6. The molecule has 0 amide bonds. The number of aliphatic hydroxyl groups is 1. The first-order valence-electron chi connectivity index (χ1n) is 6.02. The second-order valence-corrected chi connectivity index (χ2v) is 5.29. The Morgan fingerprint density at radius 2 is 1.95 bits per heavy atom. The summed E-state index contributed by atoms with van der Waals surface area (Å²) >= 11 is 3.47. The summed E-state index contributed by atoms with van der Waals surface area (Å²) in [5, 5.41) is 8.90. The van der Waals surface area contributed by atoms with Gasteiger partial charge >= 0.3 is 0 Å². The van der Waals surface area contributed by atoms with E-state index in [4.69, 9.17) is 5.11 Å². The first-order valence-corrected chi connectivity index (χ1v) is 6.81. The lowest BCUT2D eigenvalue weighted by atomic mass is 10.0. The van der Waals surface area contributed by atoms with E-state index in [2.05, 4.69) is 45.0 Å². The monoisotopic (exact) mass is 321 g/mol. The fraction of sp³-hybridized carbons (Fsp3) is 0.286. The number of hydrogen-bond acceptors (Lipinski definition) is 4. The number of aromatic nitrogens is 2. The number of hydrogen-bond donors (Lipinski definition) is 1. The van der Waals surface area contributed by atoms with Crippen LogP contribution >= 0.6 is 15.9 Å². The van der Waals surface area contributed by atoms with Gasteiger partial charge in [-0.3, -0.25) is 0 Å². The van der Waals surface area contributed by atoms with E-state index in [-0.39, 0.29) is 6.61 Å². The molecule has 0 saturated carbocycles. The van der Waals surface area contributed by atoms with Crippen molar-refractivity contribution in [3.63, 3.8) is 0 Å². The summed E-state index contributed by atoms with van der Waals surface area (Å²) < 4.78 is 1.04. The summed E-state index contributed by atoms with van der Waals surface area (Å²) in [7, 11) is 1.86. The Hall–Kier alpha value is -1.46. The van der Waals surface area contributed by atoms with E-state index in [1.807, 2.05) is 30.4 Å². The molecule has 1 heterocycles. The molecule has 0 aliphatic heterocycles. The molecule has 100 valence electrons. The van der Waals surface area contributed by atoms with Crippen LogP contribution in [-0.4, -0.2) is 35.3 Å². The Morgan fingerprint density at radius 3 is 2.58 bits per heavy atom. The van der Waals surface area contributed by atoms with Crippen LogP contribution in [0.1, 0.15) is 5.56 Å². The van der Waals surface area contributed by atoms with Crippen molar-refractivity contribution in [3.05, 3.63) is 40.6 Å². The largest absolute Gasteiger partial charge is 0.395 e. The van der Waals surface area contributed by atoms with Gasteiger partial charge in [0.05, 0.1) is 6.61 Å². The lowest BCUT2D eigenvalue weighted by Gasteiger charge is -2.15. The van der Waals surface area contributed by atoms with Crippen LogP contribution in [0.3, 0.4) is 0 Å². The lowest BCUT2D eigenvalue weighted by Crippen LogP contribution is -2.23. The first kappa shape index (κ1) is 14.0. The maximum atomic E-state index is 8.90. The van der Waals surface area contributed by atoms with Gasteiger partial charge in [0.25, 0.3) is 0 Å². The molecular weight excluding hydrogens is 306 g/mol. The molecule has 0 atom stereocenters. The van der Waals surface area contributed by atoms with Crippen LogP contribution in [-0.2, 0) is 0 Å². The van der Waals surface area contributed by atoms with Gasteiger partial charge in [-0.05, 0) is 30.2 Å². The van der Waals surface area contributed by atoms with E-state index in [9.17, 15) is 0 Å². The predicted molar refractivity (Wildman–Crippen MR) is 80.3 cm³/mol. The Balaban J connectivity index is 2.29. The fourth-order valence-corrected chi connectivity index (χ4v) is 2.17. The minimum Gasteiger partial charge on any atom is -0.395 e. The maximum absolute atomic E-state index is 8.90. The number of aryl methyl sites for hydroxylation is 1. The minimum atomic E-state index is 0.0896. The van der Waals surface area contributed by atoms with E-state index in [1.165, 1.54) is 5.56 Å². The molecular formula is C14H16BrN3O. The van der Waals surface area contributed by atoms with Crippen molar-refractivity contribution in [2.24, 2.45) is 0 Å². The summed E-state index contributed by atoms with van der Waals surface area (Å²) in [6, 6.07) is 6.14. The van der Waals surface area contributed by atoms with Gasteiger partial charge in [-0.2, -0.15) is 0 Å². The lowest BCUT2D eigenvalue weighted by molar-refractivity contribution is 0.303. The fourth-order valence-electron chi connectivity index (χ4n) is 1.81. The van der Waals surface area contributed by atoms with Crippen molar-refractivity contribution in [1.82, 2.24) is 9.97 Å². The van der Waals surface area contributed by atoms with Crippen LogP contribution < -0.4 is 4.90 Å². The number of anilines is 1. The average Bonchev–Trinajstić information content (AvgIpc) is 2.42. The van der Waals surface area contributed by atoms with E-state index in [0.29, 0.717) is 12.5 Å². The van der Waals surface area contributed by atoms with Crippen molar-refractivity contribution in [1.29, 1.82) is 0 Å². The van der Waals surface area contributed by atoms with Crippen molar-refractivity contribution in [2.75, 3.05) is 25.1 Å². The highest BCUT2D eigenvalue weighted by molar-refractivity contribution is 9.10. The predicted octanol–water partition coefficient (Wildman–Crippen LogP) is 2.64. The van der Waals surface area contributed by atoms with E-state index >= 15 is 0 Å². The van der Waals surface area contributed by atoms with Crippen molar-refractivity contribution in [2.45, 2.75) is 6.92 Å². The summed E-state index contributed by atoms with van der Waals surface area (Å²) in [4.78, 5) is 10.5. The first-order chi connectivity index (χ1) is 9.11. The summed E-state index contributed by atoms with van der Waals surface area (Å²) in [6.45, 7) is 2.68. The topological polar surface area (TPSA) is 49.2 Å². The van der Waals surface area contributed by atoms with Crippen molar-refractivity contribution < 1.29 is 5.11 Å². The quantitative estimate of drug-likeness (QED) is 0.940. The third-order valence-electron chi connectivity index (χ3n) is 2.93. The summed E-state index contributed by atoms with van der Waals surface area (Å²) in [6.07, 6.45) is 3.62. The van der Waals surface area contributed by atoms with Gasteiger partial charge in [-0.1, -0.05) is 22.0 Å². The molecule has 0 spiro atoms. The second-order valence-electron chi connectivity index (χ2n) is 4.38. The van der Waals surface area contributed by atoms with E-state index in [0.717, 1.165) is 15.6 Å². The standard InChI is InChI=1S/C14H16BrN3O/c1-10-3-4-12(15)7-13(10)11-8-16-14(17-9-11)18(2)5-6-19/h3-4,7-9,19H,5-6H2,1-2H3. The third kappa shape index (κ3) is 3.30. The highest BCUT2D eigenvalue weighted by Crippen LogP contribution is 2.26. The Bertz CT molecular complexity index is 557. The molecule has 1 aromatic carbocycles. The van der Waals surface area contributed by atoms with Gasteiger partial charge in [0.2, 0.25) is 5.95 Å². The van der Waals surface area contributed by atoms with Crippen LogP contribution in [0.5, 0.6) is 0 Å². The molecule has 5 heteroatoms. The van der Waals surface area contributed by atoms with Crippen LogP contribution in [0.2, 0.25) is 0 Å². The molecule has 0 radical (unpaired) electrons. The molecule has 0 unspecified atom stereocenters. The Kier molecular flexibility index (Phi) is 4.50. The number of likely N-dealkylation sites (N-methyl/N-ethyl adjacent to an activating group) is 1. The molecule has 0 saturated heterocycles. The number of halogens is 1. The van der Waals surface area contributed by atoms with Crippen LogP contribution in [0.15, 0.2) is 35.1 Å². The van der Waals surface area contributed by atoms with Crippen LogP contribution in [0.4, 0.5) is 5.95 Å². The molecule has 2 aromatic rings. The van der Waals surface area contributed by atoms with Crippen molar-refractivity contribution >= 4 is 21.9 Å². The molecule has 19 heavy (non-hydrogen) atoms. The SMILES string of the molecule is Cc1ccc(Br)cc1-c1cnc(N(C)CCO)nc1. The number of rotatable bonds is 4. The molecule has 1 aromatic heterocycles. The van der Waals surface area contributed by atoms with Gasteiger partial charge in [0.1, 0.15) is 0 Å². The van der Waals surface area contributed by atoms with Gasteiger partial charge in [-0.15, -0.1) is 0 Å². The van der Waals surface area contributed by atoms with Gasteiger partial charge in [0, 0.05) is 36.0 Å². The number of aliphatic hydroxyl groups excluding tert-OH is 1. The Labute approximate surface area is 121 Å². The van der Waals surface area contributed by atoms with Gasteiger partial charge in [0.15, 0.2) is 0 Å². The van der Waals surface area contributed by atoms with Crippen LogP contribution in [0.25, 0.3) is 11.1 Å². The average molecular weight is 322 g/mol. The normalized spacial score (nSPS) is 10.5. The van der Waals surface area contributed by atoms with Crippen LogP contribution in [0, 0.1) is 6.92 Å². The zero-order chi connectivity index (χ0) is 13.8. The highest BCUT2D eigenvalue weighted by Gasteiger charge is 2.07. The molecule has 1 N–H and O–H groups in total. The maximum Gasteiger partial charge on any atom is 0.225 e. The Morgan fingerprint density at radius 1 is 1.26 bits per heavy atom. The summed E-state index contributed by atoms with van der Waals surface area (Å²) in [5.41, 5.74) is 3.29. The zero-order valence-electron chi connectivity index (χ0n) is 11.0. The molecule has 2 rings (SSSR count).